The summed E-state index contributed by atoms with van der Waals surface area (Å²) in [6.07, 6.45) is 18.8. The third kappa shape index (κ3) is 31.7. The van der Waals surface area contributed by atoms with Gasteiger partial charge in [0.15, 0.2) is 0 Å². The van der Waals surface area contributed by atoms with Crippen LogP contribution in [0.3, 0.4) is 0 Å². The minimum absolute atomic E-state index is 0. The van der Waals surface area contributed by atoms with Crippen molar-refractivity contribution in [1.29, 1.82) is 0 Å². The van der Waals surface area contributed by atoms with Crippen molar-refractivity contribution in [3.8, 4) is 45.0 Å². The Kier molecular flexibility index (Phi) is 40.5. The molecule has 10 heterocycles. The van der Waals surface area contributed by atoms with E-state index in [-0.39, 0.29) is 41.2 Å². The summed E-state index contributed by atoms with van der Waals surface area (Å²) in [7, 11) is -7.89. The zero-order valence-electron chi connectivity index (χ0n) is 73.1. The molecule has 5 aromatic carbocycles. The van der Waals surface area contributed by atoms with Crippen LogP contribution in [0, 0.1) is 19.8 Å². The quantitative estimate of drug-likeness (QED) is 0.0408. The van der Waals surface area contributed by atoms with Crippen LogP contribution in [0.5, 0.6) is 0 Å². The van der Waals surface area contributed by atoms with Crippen LogP contribution in [-0.2, 0) is 45.4 Å². The van der Waals surface area contributed by atoms with Crippen LogP contribution in [0.2, 0.25) is 15.1 Å². The number of rotatable bonds is 18. The number of piperidine rings is 3. The van der Waals surface area contributed by atoms with Crippen LogP contribution in [0.15, 0.2) is 192 Å². The molecule has 5 aliphatic heterocycles. The number of nitrogens with one attached hydrogen (secondary N) is 3. The minimum Gasteiger partial charge on any atom is -0.444 e. The summed E-state index contributed by atoms with van der Waals surface area (Å²) in [5.74, 6) is 0.233. The number of sulfonamides is 1. The van der Waals surface area contributed by atoms with Gasteiger partial charge in [-0.3, -0.25) is 9.89 Å². The van der Waals surface area contributed by atoms with Crippen molar-refractivity contribution in [2.45, 2.75) is 187 Å². The Labute approximate surface area is 763 Å². The maximum atomic E-state index is 14.2. The predicted octanol–water partition coefficient (Wildman–Crippen LogP) is 19.6. The van der Waals surface area contributed by atoms with Gasteiger partial charge in [-0.15, -0.1) is 0 Å². The molecule has 0 radical (unpaired) electrons. The number of ether oxygens (including phenoxy) is 4. The van der Waals surface area contributed by atoms with E-state index < -0.39 is 36.5 Å². The molecule has 10 aromatic rings. The van der Waals surface area contributed by atoms with Crippen LogP contribution >= 0.6 is 46.4 Å². The first-order chi connectivity index (χ1) is 59.8. The number of aryl methyl sites for hydroxylation is 2. The molecule has 678 valence electrons. The number of aromatic amines is 1. The second-order valence-electron chi connectivity index (χ2n) is 32.3. The van der Waals surface area contributed by atoms with Crippen molar-refractivity contribution in [2.24, 2.45) is 11.0 Å². The normalized spacial score (nSPS) is 15.1. The average Bonchev–Trinajstić information content (AvgIpc) is 1.59. The van der Waals surface area contributed by atoms with Gasteiger partial charge in [0, 0.05) is 150 Å². The highest BCUT2D eigenvalue weighted by Gasteiger charge is 2.38. The molecule has 0 unspecified atom stereocenters. The Morgan fingerprint density at radius 1 is 0.548 bits per heavy atom. The number of benzene rings is 5. The van der Waals surface area contributed by atoms with E-state index in [0.29, 0.717) is 114 Å². The van der Waals surface area contributed by atoms with E-state index >= 15 is 0 Å². The van der Waals surface area contributed by atoms with E-state index in [1.165, 1.54) is 63.7 Å². The molecular formula is C93H120Cl4N16O11S2. The topological polar surface area (TPSA) is 326 Å². The fourth-order valence-corrected chi connectivity index (χ4v) is 16.7. The van der Waals surface area contributed by atoms with Gasteiger partial charge in [0.25, 0.3) is 25.3 Å². The molecule has 0 atom stereocenters. The van der Waals surface area contributed by atoms with Gasteiger partial charge in [-0.2, -0.15) is 36.2 Å². The van der Waals surface area contributed by atoms with Gasteiger partial charge in [-0.1, -0.05) is 123 Å². The van der Waals surface area contributed by atoms with Crippen LogP contribution in [0.1, 0.15) is 184 Å². The van der Waals surface area contributed by atoms with Crippen LogP contribution in [0.25, 0.3) is 45.0 Å². The summed E-state index contributed by atoms with van der Waals surface area (Å²) in [5, 5.41) is 21.8. The van der Waals surface area contributed by atoms with E-state index in [1.807, 2.05) is 97.9 Å². The summed E-state index contributed by atoms with van der Waals surface area (Å²) in [5.41, 5.74) is 10.6. The monoisotopic (exact) mass is 1840 g/mol. The van der Waals surface area contributed by atoms with Gasteiger partial charge in [0.05, 0.1) is 32.4 Å². The standard InChI is InChI=1S/C30H32ClN5O4S.C23H31N5O4S.C18H18ClN5.C7H4Cl2O.C6H15N.2C4H8O.CH4/c1-20-5-11-24(12-6-20)41(38,39)36-28(22-14-17-35(18-15-22)29(37)40-30(2,3)4)26(25-13-16-32-19-33-25)27(34-36)21-7-9-23(31)10-8-21;1-17-5-7-20(8-6-17)33(30,31)27-26-21(15-19-9-12-24-16-25-19)18-10-13-28(14-11-18)22(29)32-23(2,3)4;19-14-3-1-12(2-4-14)17-16(15-7-10-21-11-22-15)18(24-23-17)13-5-8-20-9-6-13;8-6-3-1-5(2-4-6)7(9)10;1-4-7(5-2)6-3;2*1-2-4-5-3-1;/h5-13,16,19,22H,14-15,17-18H2,1-4H3;5-9,12,16,18,27H,10-11,13-15H2,1-4H3;1-4,7,10-11,13,20H,5-6,8-9H2,(H,23,24);1-4H;4-6H2,1-3H3;2*1-4H2;1H4/b;26-21+;;;;;;. The molecule has 27 nitrogen and oxygen atoms in total. The number of likely N-dealkylation sites (tertiary alicyclic amines) is 2. The fourth-order valence-electron chi connectivity index (χ4n) is 14.0. The van der Waals surface area contributed by atoms with Crippen molar-refractivity contribution < 1.29 is 50.2 Å². The molecule has 5 saturated heterocycles. The first kappa shape index (κ1) is 102. The summed E-state index contributed by atoms with van der Waals surface area (Å²) >= 11 is 22.9. The molecule has 15 rings (SSSR count). The molecular weight excluding hydrogens is 1720 g/mol. The smallest absolute Gasteiger partial charge is 0.410 e. The highest BCUT2D eigenvalue weighted by molar-refractivity contribution is 7.90. The largest absolute Gasteiger partial charge is 0.444 e. The van der Waals surface area contributed by atoms with Gasteiger partial charge >= 0.3 is 12.2 Å². The van der Waals surface area contributed by atoms with E-state index in [4.69, 9.17) is 70.4 Å². The van der Waals surface area contributed by atoms with Crippen molar-refractivity contribution in [3.05, 3.63) is 226 Å². The van der Waals surface area contributed by atoms with Crippen LogP contribution in [-0.4, -0.2) is 200 Å². The molecule has 33 heteroatoms. The first-order valence-electron chi connectivity index (χ1n) is 42.3. The highest BCUT2D eigenvalue weighted by Crippen LogP contribution is 2.44. The second-order valence-corrected chi connectivity index (χ2v) is 37.3. The van der Waals surface area contributed by atoms with E-state index in [2.05, 4.69) is 81.0 Å². The third-order valence-corrected chi connectivity index (χ3v) is 24.6. The van der Waals surface area contributed by atoms with Gasteiger partial charge < -0.3 is 39.0 Å². The van der Waals surface area contributed by atoms with Crippen molar-refractivity contribution in [3.63, 3.8) is 0 Å². The lowest BCUT2D eigenvalue weighted by Crippen LogP contribution is -2.43. The van der Waals surface area contributed by atoms with E-state index in [1.54, 1.807) is 132 Å². The number of H-pyrrole nitrogens is 1. The number of halogens is 4. The summed E-state index contributed by atoms with van der Waals surface area (Å²) in [4.78, 5) is 69.3. The summed E-state index contributed by atoms with van der Waals surface area (Å²) in [6.45, 7) is 32.8. The molecule has 0 bridgehead atoms. The fraction of sp³-hybridized carbons (Fsp3) is 0.441. The van der Waals surface area contributed by atoms with Gasteiger partial charge in [0.2, 0.25) is 0 Å². The van der Waals surface area contributed by atoms with Crippen molar-refractivity contribution >= 4 is 89.6 Å². The second kappa shape index (κ2) is 50.2. The molecule has 3 N–H and O–H groups in total. The number of hydrogen-bond donors (Lipinski definition) is 3. The third-order valence-electron chi connectivity index (χ3n) is 20.8. The molecule has 126 heavy (non-hydrogen) atoms. The lowest BCUT2D eigenvalue weighted by Gasteiger charge is -2.33. The SMILES string of the molecule is C.C1CCOC1.C1CCOC1.CCN(CC)CC.Cc1ccc(S(=O)(=O)N/N=C(\Cc2ccncn2)C2CCN(C(=O)OC(C)(C)C)CC2)cc1.Cc1ccc(S(=O)(=O)n2nc(-c3ccc(Cl)cc3)c(-c3ccncn3)c2C2CCN(C(=O)OC(C)(C)C)CC2)cc1.Clc1ccc(-c2n[nH]c(C3CCNCC3)c2-c2ccncn2)cc1.O=C(Cl)c1ccc(Cl)cc1. The summed E-state index contributed by atoms with van der Waals surface area (Å²) in [6, 6.07) is 40.1. The number of carbonyl (C=O) groups excluding carboxylic acids is 3. The number of hydrazone groups is 1. The Hall–Kier alpha value is -9.66. The van der Waals surface area contributed by atoms with E-state index in [9.17, 15) is 31.2 Å². The zero-order chi connectivity index (χ0) is 90.1. The van der Waals surface area contributed by atoms with E-state index in [0.717, 1.165) is 101 Å². The van der Waals surface area contributed by atoms with Gasteiger partial charge in [-0.05, 0) is 255 Å². The molecule has 0 spiro atoms. The zero-order valence-corrected chi connectivity index (χ0v) is 77.7. The first-order valence-corrected chi connectivity index (χ1v) is 46.8. The van der Waals surface area contributed by atoms with Crippen molar-refractivity contribution in [2.75, 3.05) is 85.3 Å². The number of aromatic nitrogens is 10. The van der Waals surface area contributed by atoms with Gasteiger partial charge in [0.1, 0.15) is 41.6 Å². The molecule has 5 aliphatic rings. The Morgan fingerprint density at radius 3 is 1.40 bits per heavy atom. The molecule has 5 aromatic heterocycles. The average molecular weight is 1840 g/mol. The molecule has 0 aliphatic carbocycles. The molecule has 0 saturated carbocycles. The number of nitrogens with zero attached hydrogens (tertiary/aromatic N) is 13. The Bertz CT molecular complexity index is 5210. The van der Waals surface area contributed by atoms with Gasteiger partial charge in [-0.25, -0.2) is 44.3 Å². The molecule has 5 fully saturated rings. The minimum atomic E-state index is -4.08. The lowest BCUT2D eigenvalue weighted by atomic mass is 9.89. The van der Waals surface area contributed by atoms with Crippen LogP contribution in [0.4, 0.5) is 9.59 Å². The maximum Gasteiger partial charge on any atom is 0.410 e. The van der Waals surface area contributed by atoms with Crippen LogP contribution < -0.4 is 10.1 Å². The maximum absolute atomic E-state index is 14.2. The number of carbonyl (C=O) groups is 3. The molecule has 2 amide bonds. The Morgan fingerprint density at radius 2 is 0.984 bits per heavy atom. The summed E-state index contributed by atoms with van der Waals surface area (Å²) < 4.78 is 75.9. The predicted molar refractivity (Wildman–Crippen MR) is 499 cm³/mol. The van der Waals surface area contributed by atoms with Crippen molar-refractivity contribution in [1.82, 2.24) is 74.1 Å². The highest BCUT2D eigenvalue weighted by atomic mass is 35.5. The Balaban J connectivity index is 0.000000205. The number of amides is 2. The lowest BCUT2D eigenvalue weighted by molar-refractivity contribution is 0.0192. The number of hydrogen-bond acceptors (Lipinski definition) is 22.